The van der Waals surface area contributed by atoms with Crippen LogP contribution in [0.1, 0.15) is 17.5 Å². The number of nitrogens with zero attached hydrogens (tertiary/aromatic N) is 1. The number of benzene rings is 1. The van der Waals surface area contributed by atoms with Gasteiger partial charge >= 0.3 is 0 Å². The van der Waals surface area contributed by atoms with E-state index in [0.717, 1.165) is 24.9 Å². The molecule has 5 heteroatoms. The highest BCUT2D eigenvalue weighted by molar-refractivity contribution is 5.70. The lowest BCUT2D eigenvalue weighted by Crippen LogP contribution is -2.64. The lowest BCUT2D eigenvalue weighted by molar-refractivity contribution is -0.0453. The van der Waals surface area contributed by atoms with Crippen LogP contribution in [0.3, 0.4) is 0 Å². The summed E-state index contributed by atoms with van der Waals surface area (Å²) in [5.74, 6) is 0.859. The number of aliphatic hydroxyl groups excluding tert-OH is 1. The maximum atomic E-state index is 10.5. The molecule has 5 atom stereocenters. The van der Waals surface area contributed by atoms with Crippen molar-refractivity contribution >= 4 is 5.69 Å². The van der Waals surface area contributed by atoms with Gasteiger partial charge < -0.3 is 25.6 Å². The van der Waals surface area contributed by atoms with E-state index in [-0.39, 0.29) is 17.3 Å². The van der Waals surface area contributed by atoms with E-state index in [1.807, 2.05) is 12.1 Å². The van der Waals surface area contributed by atoms with E-state index < -0.39 is 6.10 Å². The van der Waals surface area contributed by atoms with Crippen LogP contribution < -0.4 is 10.5 Å². The van der Waals surface area contributed by atoms with Crippen molar-refractivity contribution in [2.45, 2.75) is 36.5 Å². The van der Waals surface area contributed by atoms with Crippen LogP contribution in [0.5, 0.6) is 11.5 Å². The maximum absolute atomic E-state index is 10.5. The first-order valence-corrected chi connectivity index (χ1v) is 7.92. The number of phenols is 1. The smallest absolute Gasteiger partial charge is 0.181 e. The number of nitrogen functional groups attached to an aromatic ring is 1. The van der Waals surface area contributed by atoms with Crippen molar-refractivity contribution in [3.05, 3.63) is 29.3 Å². The predicted octanol–water partition coefficient (Wildman–Crippen LogP) is 0.780. The molecule has 5 nitrogen and oxygen atoms in total. The molecule has 0 aromatic heterocycles. The third-order valence-corrected chi connectivity index (χ3v) is 6.29. The van der Waals surface area contributed by atoms with Gasteiger partial charge in [0.1, 0.15) is 12.2 Å². The fourth-order valence-electron chi connectivity index (χ4n) is 5.34. The van der Waals surface area contributed by atoms with E-state index in [1.165, 1.54) is 5.56 Å². The number of aliphatic hydroxyl groups is 1. The van der Waals surface area contributed by atoms with E-state index in [2.05, 4.69) is 18.0 Å². The van der Waals surface area contributed by atoms with Crippen molar-refractivity contribution in [2.75, 3.05) is 19.3 Å². The van der Waals surface area contributed by atoms with Gasteiger partial charge in [0, 0.05) is 22.9 Å². The van der Waals surface area contributed by atoms with Crippen molar-refractivity contribution < 1.29 is 14.9 Å². The molecule has 1 spiro atoms. The van der Waals surface area contributed by atoms with Gasteiger partial charge in [-0.1, -0.05) is 12.2 Å². The fourth-order valence-corrected chi connectivity index (χ4v) is 5.34. The molecule has 1 fully saturated rings. The number of hydrogen-bond acceptors (Lipinski definition) is 5. The number of ether oxygens (including phenoxy) is 1. The van der Waals surface area contributed by atoms with Crippen LogP contribution >= 0.6 is 0 Å². The van der Waals surface area contributed by atoms with Gasteiger partial charge in [-0.15, -0.1) is 0 Å². The van der Waals surface area contributed by atoms with Crippen molar-refractivity contribution in [1.29, 1.82) is 0 Å². The molecular formula is C17H20N2O3. The summed E-state index contributed by atoms with van der Waals surface area (Å²) in [5.41, 5.74) is 8.38. The Labute approximate surface area is 129 Å². The lowest BCUT2D eigenvalue weighted by Gasteiger charge is -2.56. The SMILES string of the molecule is CN1CC[C@]23c4c5cc(N)c(O)c4O[C@H]2[C@@H](O)C=C[C@H]3[C@H]1C5. The number of phenolic OH excluding ortho intramolecular Hbond substituents is 1. The summed E-state index contributed by atoms with van der Waals surface area (Å²) in [6.45, 7) is 0.978. The van der Waals surface area contributed by atoms with Crippen molar-refractivity contribution in [3.63, 3.8) is 0 Å². The van der Waals surface area contributed by atoms with Crippen LogP contribution in [0.25, 0.3) is 0 Å². The first kappa shape index (κ1) is 12.8. The summed E-state index contributed by atoms with van der Waals surface area (Å²) in [4.78, 5) is 2.40. The van der Waals surface area contributed by atoms with Gasteiger partial charge in [0.05, 0.1) is 5.69 Å². The Bertz CT molecular complexity index is 716. The first-order chi connectivity index (χ1) is 10.5. The molecule has 1 saturated heterocycles. The second-order valence-corrected chi connectivity index (χ2v) is 7.16. The topological polar surface area (TPSA) is 79.0 Å². The van der Waals surface area contributed by atoms with Gasteiger partial charge in [-0.2, -0.15) is 0 Å². The predicted molar refractivity (Wildman–Crippen MR) is 82.0 cm³/mol. The zero-order valence-electron chi connectivity index (χ0n) is 12.5. The molecule has 2 bridgehead atoms. The van der Waals surface area contributed by atoms with Crippen molar-refractivity contribution in [3.8, 4) is 11.5 Å². The highest BCUT2D eigenvalue weighted by Crippen LogP contribution is 2.63. The number of aromatic hydroxyl groups is 1. The Morgan fingerprint density at radius 1 is 1.41 bits per heavy atom. The molecule has 2 heterocycles. The molecule has 4 aliphatic rings. The monoisotopic (exact) mass is 300 g/mol. The molecular weight excluding hydrogens is 280 g/mol. The van der Waals surface area contributed by atoms with Gasteiger partial charge in [0.25, 0.3) is 0 Å². The average molecular weight is 300 g/mol. The molecule has 116 valence electrons. The zero-order valence-corrected chi connectivity index (χ0v) is 12.5. The first-order valence-electron chi connectivity index (χ1n) is 7.92. The molecule has 1 aromatic rings. The third kappa shape index (κ3) is 1.21. The molecule has 2 aliphatic heterocycles. The Balaban J connectivity index is 1.85. The Morgan fingerprint density at radius 3 is 3.05 bits per heavy atom. The summed E-state index contributed by atoms with van der Waals surface area (Å²) in [7, 11) is 2.16. The Morgan fingerprint density at radius 2 is 2.23 bits per heavy atom. The Kier molecular flexibility index (Phi) is 2.20. The van der Waals surface area contributed by atoms with Crippen LogP contribution in [-0.2, 0) is 11.8 Å². The lowest BCUT2D eigenvalue weighted by atomic mass is 9.53. The summed E-state index contributed by atoms with van der Waals surface area (Å²) >= 11 is 0. The highest BCUT2D eigenvalue weighted by Gasteiger charge is 2.64. The molecule has 0 saturated carbocycles. The van der Waals surface area contributed by atoms with Crippen LogP contribution in [0.2, 0.25) is 0 Å². The minimum Gasteiger partial charge on any atom is -0.503 e. The van der Waals surface area contributed by atoms with E-state index in [9.17, 15) is 10.2 Å². The van der Waals surface area contributed by atoms with E-state index in [4.69, 9.17) is 10.5 Å². The van der Waals surface area contributed by atoms with Gasteiger partial charge in [0.2, 0.25) is 0 Å². The van der Waals surface area contributed by atoms with Crippen LogP contribution in [0.15, 0.2) is 18.2 Å². The molecule has 0 radical (unpaired) electrons. The number of likely N-dealkylation sites (tertiary alicyclic amines) is 1. The van der Waals surface area contributed by atoms with Crippen LogP contribution in [-0.4, -0.2) is 47.0 Å². The fraction of sp³-hybridized carbons (Fsp3) is 0.529. The minimum absolute atomic E-state index is 0.0332. The average Bonchev–Trinajstić information content (AvgIpc) is 2.84. The summed E-state index contributed by atoms with van der Waals surface area (Å²) in [5, 5.41) is 20.8. The quantitative estimate of drug-likeness (QED) is 0.375. The molecule has 0 amide bonds. The van der Waals surface area contributed by atoms with Gasteiger partial charge in [-0.3, -0.25) is 0 Å². The van der Waals surface area contributed by atoms with Crippen LogP contribution in [0, 0.1) is 5.92 Å². The van der Waals surface area contributed by atoms with E-state index in [0.29, 0.717) is 23.4 Å². The van der Waals surface area contributed by atoms with E-state index >= 15 is 0 Å². The molecule has 0 unspecified atom stereocenters. The number of rotatable bonds is 0. The van der Waals surface area contributed by atoms with Gasteiger partial charge in [-0.05, 0) is 38.1 Å². The normalized spacial score (nSPS) is 41.2. The number of likely N-dealkylation sites (N-methyl/N-ethyl adjacent to an activating group) is 1. The highest BCUT2D eigenvalue weighted by atomic mass is 16.5. The molecule has 5 rings (SSSR count). The van der Waals surface area contributed by atoms with Crippen molar-refractivity contribution in [2.24, 2.45) is 5.92 Å². The number of anilines is 1. The van der Waals surface area contributed by atoms with Crippen molar-refractivity contribution in [1.82, 2.24) is 4.90 Å². The number of piperidine rings is 1. The zero-order chi connectivity index (χ0) is 15.2. The number of hydrogen-bond donors (Lipinski definition) is 3. The molecule has 2 aliphatic carbocycles. The number of nitrogens with two attached hydrogens (primary N) is 1. The third-order valence-electron chi connectivity index (χ3n) is 6.29. The second-order valence-electron chi connectivity index (χ2n) is 7.16. The summed E-state index contributed by atoms with van der Waals surface area (Å²) in [6, 6.07) is 2.29. The molecule has 4 N–H and O–H groups in total. The summed E-state index contributed by atoms with van der Waals surface area (Å²) < 4.78 is 6.09. The largest absolute Gasteiger partial charge is 0.503 e. The standard InChI is InChI=1S/C17H20N2O3/c1-19-5-4-17-9-2-3-12(20)16(17)22-15-13(17)8(7-11(9)19)6-10(18)14(15)21/h2-3,6,9,11-12,16,20-21H,4-5,7,18H2,1H3/t9-,11+,12-,16-,17-/m0/s1. The summed E-state index contributed by atoms with van der Waals surface area (Å²) in [6.07, 6.45) is 4.90. The van der Waals surface area contributed by atoms with Crippen LogP contribution in [0.4, 0.5) is 5.69 Å². The maximum Gasteiger partial charge on any atom is 0.181 e. The van der Waals surface area contributed by atoms with Gasteiger partial charge in [-0.25, -0.2) is 0 Å². The Hall–Kier alpha value is -1.72. The van der Waals surface area contributed by atoms with E-state index in [1.54, 1.807) is 0 Å². The van der Waals surface area contributed by atoms with Gasteiger partial charge in [0.15, 0.2) is 11.5 Å². The second kappa shape index (κ2) is 3.78. The molecule has 1 aromatic carbocycles. The minimum atomic E-state index is -0.640. The molecule has 22 heavy (non-hydrogen) atoms.